The summed E-state index contributed by atoms with van der Waals surface area (Å²) in [5, 5.41) is 2.73. The van der Waals surface area contributed by atoms with E-state index in [1.807, 2.05) is 24.3 Å². The molecule has 7 nitrogen and oxygen atoms in total. The number of amides is 1. The summed E-state index contributed by atoms with van der Waals surface area (Å²) in [4.78, 5) is 12.5. The Balaban J connectivity index is 1.95. The summed E-state index contributed by atoms with van der Waals surface area (Å²) < 4.78 is 36.4. The molecule has 2 rings (SSSR count). The second kappa shape index (κ2) is 10.2. The standard InChI is InChI=1S/C21H28N2O5S/c1-5-17-6-10-20(11-7-17)28-15-14-22-21(24)16(2)23(29(4,25)26)18-8-12-19(27-3)13-9-18/h6-13,16H,5,14-15H2,1-4H3,(H,22,24)/t16-/m0/s1. The highest BCUT2D eigenvalue weighted by Crippen LogP contribution is 2.23. The molecule has 29 heavy (non-hydrogen) atoms. The van der Waals surface area contributed by atoms with Gasteiger partial charge in [0.05, 0.1) is 25.6 Å². The fourth-order valence-corrected chi connectivity index (χ4v) is 4.02. The van der Waals surface area contributed by atoms with Gasteiger partial charge < -0.3 is 14.8 Å². The number of carbonyl (C=O) groups excluding carboxylic acids is 1. The first-order chi connectivity index (χ1) is 13.8. The van der Waals surface area contributed by atoms with Crippen molar-refractivity contribution in [3.05, 3.63) is 54.1 Å². The van der Waals surface area contributed by atoms with E-state index in [-0.39, 0.29) is 13.2 Å². The van der Waals surface area contributed by atoms with E-state index >= 15 is 0 Å². The first-order valence-electron chi connectivity index (χ1n) is 9.39. The Hall–Kier alpha value is -2.74. The summed E-state index contributed by atoms with van der Waals surface area (Å²) in [5.74, 6) is 0.917. The van der Waals surface area contributed by atoms with Crippen LogP contribution in [-0.2, 0) is 21.2 Å². The predicted octanol–water partition coefficient (Wildman–Crippen LogP) is 2.61. The van der Waals surface area contributed by atoms with Gasteiger partial charge in [0.2, 0.25) is 15.9 Å². The molecule has 0 aromatic heterocycles. The Morgan fingerprint density at radius 1 is 1.07 bits per heavy atom. The van der Waals surface area contributed by atoms with Crippen LogP contribution >= 0.6 is 0 Å². The molecule has 0 aliphatic rings. The topological polar surface area (TPSA) is 84.9 Å². The third-order valence-electron chi connectivity index (χ3n) is 4.42. The minimum Gasteiger partial charge on any atom is -0.497 e. The number of hydrogen-bond donors (Lipinski definition) is 1. The summed E-state index contributed by atoms with van der Waals surface area (Å²) in [6, 6.07) is 13.4. The van der Waals surface area contributed by atoms with E-state index in [9.17, 15) is 13.2 Å². The van der Waals surface area contributed by atoms with Gasteiger partial charge in [0.1, 0.15) is 24.1 Å². The van der Waals surface area contributed by atoms with E-state index in [0.29, 0.717) is 11.4 Å². The number of carbonyl (C=O) groups is 1. The van der Waals surface area contributed by atoms with E-state index in [2.05, 4.69) is 12.2 Å². The van der Waals surface area contributed by atoms with E-state index in [1.165, 1.54) is 12.7 Å². The zero-order valence-corrected chi connectivity index (χ0v) is 18.0. The van der Waals surface area contributed by atoms with Crippen molar-refractivity contribution in [2.75, 3.05) is 30.8 Å². The maximum absolute atomic E-state index is 12.5. The molecule has 158 valence electrons. The lowest BCUT2D eigenvalue weighted by molar-refractivity contribution is -0.121. The number of benzene rings is 2. The van der Waals surface area contributed by atoms with Crippen LogP contribution in [0.15, 0.2) is 48.5 Å². The molecule has 1 amide bonds. The lowest BCUT2D eigenvalue weighted by Crippen LogP contribution is -2.48. The molecule has 0 radical (unpaired) electrons. The van der Waals surface area contributed by atoms with Crippen LogP contribution in [0, 0.1) is 0 Å². The number of ether oxygens (including phenoxy) is 2. The highest BCUT2D eigenvalue weighted by molar-refractivity contribution is 7.92. The molecule has 0 fully saturated rings. The van der Waals surface area contributed by atoms with E-state index < -0.39 is 22.0 Å². The number of sulfonamides is 1. The van der Waals surface area contributed by atoms with Crippen molar-refractivity contribution >= 4 is 21.6 Å². The van der Waals surface area contributed by atoms with Crippen LogP contribution in [0.5, 0.6) is 11.5 Å². The van der Waals surface area contributed by atoms with Gasteiger partial charge in [-0.15, -0.1) is 0 Å². The zero-order chi connectivity index (χ0) is 21.4. The normalized spacial score (nSPS) is 12.1. The molecule has 0 aliphatic carbocycles. The van der Waals surface area contributed by atoms with Crippen LogP contribution in [0.1, 0.15) is 19.4 Å². The fraction of sp³-hybridized carbons (Fsp3) is 0.381. The summed E-state index contributed by atoms with van der Waals surface area (Å²) in [6.45, 7) is 4.17. The summed E-state index contributed by atoms with van der Waals surface area (Å²) >= 11 is 0. The summed E-state index contributed by atoms with van der Waals surface area (Å²) in [6.07, 6.45) is 2.03. The maximum Gasteiger partial charge on any atom is 0.243 e. The Bertz CT molecular complexity index is 896. The number of hydrogen-bond acceptors (Lipinski definition) is 5. The quantitative estimate of drug-likeness (QED) is 0.597. The Morgan fingerprint density at radius 3 is 2.17 bits per heavy atom. The number of rotatable bonds is 10. The summed E-state index contributed by atoms with van der Waals surface area (Å²) in [5.41, 5.74) is 1.61. The van der Waals surface area contributed by atoms with Crippen molar-refractivity contribution in [1.29, 1.82) is 0 Å². The van der Waals surface area contributed by atoms with Crippen molar-refractivity contribution in [3.8, 4) is 11.5 Å². The maximum atomic E-state index is 12.5. The Morgan fingerprint density at radius 2 is 1.66 bits per heavy atom. The highest BCUT2D eigenvalue weighted by Gasteiger charge is 2.28. The minimum atomic E-state index is -3.66. The monoisotopic (exact) mass is 420 g/mol. The van der Waals surface area contributed by atoms with Gasteiger partial charge >= 0.3 is 0 Å². The highest BCUT2D eigenvalue weighted by atomic mass is 32.2. The lowest BCUT2D eigenvalue weighted by Gasteiger charge is -2.28. The van der Waals surface area contributed by atoms with E-state index in [4.69, 9.17) is 9.47 Å². The van der Waals surface area contributed by atoms with Crippen LogP contribution in [0.25, 0.3) is 0 Å². The molecular weight excluding hydrogens is 392 g/mol. The van der Waals surface area contributed by atoms with Gasteiger partial charge in [0.25, 0.3) is 0 Å². The molecule has 0 aliphatic heterocycles. The van der Waals surface area contributed by atoms with Gasteiger partial charge in [-0.1, -0.05) is 19.1 Å². The van der Waals surface area contributed by atoms with Crippen molar-refractivity contribution in [3.63, 3.8) is 0 Å². The van der Waals surface area contributed by atoms with Crippen molar-refractivity contribution in [2.24, 2.45) is 0 Å². The molecule has 0 spiro atoms. The van der Waals surface area contributed by atoms with Crippen LogP contribution < -0.4 is 19.1 Å². The average molecular weight is 421 g/mol. The third-order valence-corrected chi connectivity index (χ3v) is 5.66. The molecule has 1 N–H and O–H groups in total. The largest absolute Gasteiger partial charge is 0.497 e. The molecule has 0 saturated heterocycles. The Kier molecular flexibility index (Phi) is 7.90. The zero-order valence-electron chi connectivity index (χ0n) is 17.2. The number of nitrogens with zero attached hydrogens (tertiary/aromatic N) is 1. The molecule has 2 aromatic carbocycles. The molecule has 2 aromatic rings. The van der Waals surface area contributed by atoms with Crippen molar-refractivity contribution in [2.45, 2.75) is 26.3 Å². The van der Waals surface area contributed by atoms with E-state index in [1.54, 1.807) is 31.2 Å². The van der Waals surface area contributed by atoms with Crippen LogP contribution in [0.4, 0.5) is 5.69 Å². The first kappa shape index (κ1) is 22.5. The van der Waals surface area contributed by atoms with Gasteiger partial charge in [-0.3, -0.25) is 9.10 Å². The molecule has 0 heterocycles. The number of nitrogens with one attached hydrogen (secondary N) is 1. The predicted molar refractivity (Wildman–Crippen MR) is 114 cm³/mol. The molecule has 1 atom stereocenters. The van der Waals surface area contributed by atoms with Gasteiger partial charge in [-0.05, 0) is 55.3 Å². The van der Waals surface area contributed by atoms with Gasteiger partial charge in [0, 0.05) is 0 Å². The lowest BCUT2D eigenvalue weighted by atomic mass is 10.2. The molecule has 0 unspecified atom stereocenters. The molecule has 8 heteroatoms. The second-order valence-corrected chi connectivity index (χ2v) is 8.43. The average Bonchev–Trinajstić information content (AvgIpc) is 2.71. The van der Waals surface area contributed by atoms with Crippen LogP contribution in [-0.4, -0.2) is 46.9 Å². The van der Waals surface area contributed by atoms with Crippen molar-refractivity contribution in [1.82, 2.24) is 5.32 Å². The van der Waals surface area contributed by atoms with Crippen LogP contribution in [0.2, 0.25) is 0 Å². The SMILES string of the molecule is CCc1ccc(OCCNC(=O)[C@H](C)N(c2ccc(OC)cc2)S(C)(=O)=O)cc1. The smallest absolute Gasteiger partial charge is 0.243 e. The number of anilines is 1. The van der Waals surface area contributed by atoms with Crippen molar-refractivity contribution < 1.29 is 22.7 Å². The van der Waals surface area contributed by atoms with Crippen LogP contribution in [0.3, 0.4) is 0 Å². The Labute approximate surface area is 172 Å². The van der Waals surface area contributed by atoms with E-state index in [0.717, 1.165) is 22.7 Å². The van der Waals surface area contributed by atoms with Gasteiger partial charge in [-0.2, -0.15) is 0 Å². The second-order valence-electron chi connectivity index (χ2n) is 6.57. The summed E-state index contributed by atoms with van der Waals surface area (Å²) in [7, 11) is -2.13. The van der Waals surface area contributed by atoms with Gasteiger partial charge in [0.15, 0.2) is 0 Å². The number of aryl methyl sites for hydroxylation is 1. The van der Waals surface area contributed by atoms with Gasteiger partial charge in [-0.25, -0.2) is 8.42 Å². The number of methoxy groups -OCH3 is 1. The fourth-order valence-electron chi connectivity index (χ4n) is 2.85. The minimum absolute atomic E-state index is 0.263. The third kappa shape index (κ3) is 6.39. The molecule has 0 saturated carbocycles. The molecule has 0 bridgehead atoms. The molecular formula is C21H28N2O5S. The first-order valence-corrected chi connectivity index (χ1v) is 11.2.